The van der Waals surface area contributed by atoms with E-state index in [9.17, 15) is 14.4 Å². The van der Waals surface area contributed by atoms with Crippen LogP contribution in [0.4, 0.5) is 4.79 Å². The van der Waals surface area contributed by atoms with Crippen LogP contribution in [-0.2, 0) is 38.1 Å². The fourth-order valence-corrected chi connectivity index (χ4v) is 4.39. The summed E-state index contributed by atoms with van der Waals surface area (Å²) < 4.78 is 25.4. The Balaban J connectivity index is 2.24. The molecule has 11 heteroatoms. The van der Waals surface area contributed by atoms with Gasteiger partial charge in [-0.1, -0.05) is 33.9 Å². The van der Waals surface area contributed by atoms with Gasteiger partial charge < -0.3 is 29.0 Å². The third-order valence-corrected chi connectivity index (χ3v) is 5.43. The number of nitrogens with one attached hydrogen (secondary N) is 2. The molecule has 0 radical (unpaired) electrons. The van der Waals surface area contributed by atoms with Gasteiger partial charge in [0.1, 0.15) is 19.8 Å². The minimum atomic E-state index is -0.506. The molecule has 1 saturated carbocycles. The van der Waals surface area contributed by atoms with E-state index in [1.165, 1.54) is 0 Å². The van der Waals surface area contributed by atoms with Crippen molar-refractivity contribution >= 4 is 18.0 Å². The lowest BCUT2D eigenvalue weighted by Gasteiger charge is -2.46. The molecule has 0 aromatic rings. The smallest absolute Gasteiger partial charge is 0.407 e. The monoisotopic (exact) mass is 514 g/mol. The zero-order valence-electron chi connectivity index (χ0n) is 21.8. The lowest BCUT2D eigenvalue weighted by molar-refractivity contribution is -0.140. The van der Waals surface area contributed by atoms with Crippen molar-refractivity contribution in [2.45, 2.75) is 46.1 Å². The SMILES string of the molecule is C=CC(=O)OCCOCCONCC1(C)CC(NC(=O)OCCOCCOC(=O)C=C)CC(C)(C)C1. The van der Waals surface area contributed by atoms with Crippen LogP contribution in [0.3, 0.4) is 0 Å². The van der Waals surface area contributed by atoms with Crippen LogP contribution in [0.1, 0.15) is 40.0 Å². The number of alkyl carbamates (subject to hydrolysis) is 1. The van der Waals surface area contributed by atoms with Crippen molar-refractivity contribution in [2.24, 2.45) is 10.8 Å². The molecule has 0 bridgehead atoms. The minimum absolute atomic E-state index is 0.0323. The summed E-state index contributed by atoms with van der Waals surface area (Å²) in [5, 5.41) is 2.97. The maximum absolute atomic E-state index is 12.3. The molecule has 2 atom stereocenters. The molecule has 0 aliphatic heterocycles. The number of esters is 2. The van der Waals surface area contributed by atoms with Crippen molar-refractivity contribution < 1.29 is 42.9 Å². The number of hydrogen-bond acceptors (Lipinski definition) is 10. The van der Waals surface area contributed by atoms with Gasteiger partial charge in [0.15, 0.2) is 0 Å². The predicted octanol–water partition coefficient (Wildman–Crippen LogP) is 2.31. The van der Waals surface area contributed by atoms with Gasteiger partial charge in [-0.25, -0.2) is 19.9 Å². The van der Waals surface area contributed by atoms with E-state index in [1.807, 2.05) is 0 Å². The molecule has 0 saturated heterocycles. The van der Waals surface area contributed by atoms with E-state index in [1.54, 1.807) is 0 Å². The van der Waals surface area contributed by atoms with Crippen molar-refractivity contribution in [1.82, 2.24) is 10.8 Å². The summed E-state index contributed by atoms with van der Waals surface area (Å²) in [7, 11) is 0. The van der Waals surface area contributed by atoms with E-state index >= 15 is 0 Å². The molecule has 1 aliphatic carbocycles. The molecule has 1 rings (SSSR count). The lowest BCUT2D eigenvalue weighted by Crippen LogP contribution is -2.50. The molecule has 0 aromatic carbocycles. The van der Waals surface area contributed by atoms with Crippen LogP contribution in [0.15, 0.2) is 25.3 Å². The van der Waals surface area contributed by atoms with E-state index in [0.29, 0.717) is 19.8 Å². The topological polar surface area (TPSA) is 131 Å². The number of hydrogen-bond donors (Lipinski definition) is 2. The van der Waals surface area contributed by atoms with E-state index in [2.05, 4.69) is 44.7 Å². The molecule has 0 aromatic heterocycles. The van der Waals surface area contributed by atoms with Crippen molar-refractivity contribution in [3.05, 3.63) is 25.3 Å². The van der Waals surface area contributed by atoms with Gasteiger partial charge in [0, 0.05) is 24.7 Å². The second-order valence-corrected chi connectivity index (χ2v) is 9.67. The first-order chi connectivity index (χ1) is 17.1. The van der Waals surface area contributed by atoms with E-state index < -0.39 is 18.0 Å². The second kappa shape index (κ2) is 17.1. The third kappa shape index (κ3) is 14.8. The Morgan fingerprint density at radius 3 is 1.89 bits per heavy atom. The van der Waals surface area contributed by atoms with Crippen LogP contribution in [0, 0.1) is 10.8 Å². The zero-order valence-corrected chi connectivity index (χ0v) is 21.8. The quantitative estimate of drug-likeness (QED) is 0.0924. The van der Waals surface area contributed by atoms with E-state index in [-0.39, 0.29) is 56.5 Å². The molecule has 1 fully saturated rings. The highest BCUT2D eigenvalue weighted by atomic mass is 16.7. The van der Waals surface area contributed by atoms with E-state index in [4.69, 9.17) is 28.5 Å². The predicted molar refractivity (Wildman–Crippen MR) is 132 cm³/mol. The Labute approximate surface area is 213 Å². The highest BCUT2D eigenvalue weighted by molar-refractivity contribution is 5.81. The molecule has 2 unspecified atom stereocenters. The van der Waals surface area contributed by atoms with Crippen molar-refractivity contribution in [3.63, 3.8) is 0 Å². The summed E-state index contributed by atoms with van der Waals surface area (Å²) in [5.41, 5.74) is 2.96. The maximum atomic E-state index is 12.3. The lowest BCUT2D eigenvalue weighted by atomic mass is 9.62. The first-order valence-electron chi connectivity index (χ1n) is 12.1. The summed E-state index contributed by atoms with van der Waals surface area (Å²) in [4.78, 5) is 39.6. The van der Waals surface area contributed by atoms with Gasteiger partial charge in [0.05, 0.1) is 33.0 Å². The Morgan fingerprint density at radius 2 is 1.33 bits per heavy atom. The number of amides is 1. The molecule has 0 spiro atoms. The first-order valence-corrected chi connectivity index (χ1v) is 12.1. The largest absolute Gasteiger partial charge is 0.460 e. The standard InChI is InChI=1S/C25H42N2O9/c1-6-21(28)33-12-8-31-10-14-35-23(30)27-20-16-24(3,4)18-25(5,17-20)19-26-36-15-11-32-9-13-34-22(29)7-2/h6-7,20,26H,1-2,8-19H2,3-5H3,(H,27,30). The number of rotatable bonds is 18. The van der Waals surface area contributed by atoms with Crippen LogP contribution in [-0.4, -0.2) is 83.5 Å². The molecule has 0 heterocycles. The number of hydroxylamine groups is 1. The molecular weight excluding hydrogens is 472 g/mol. The molecule has 206 valence electrons. The van der Waals surface area contributed by atoms with Crippen molar-refractivity contribution in [3.8, 4) is 0 Å². The van der Waals surface area contributed by atoms with Gasteiger partial charge in [-0.2, -0.15) is 0 Å². The fourth-order valence-electron chi connectivity index (χ4n) is 4.39. The molecule has 36 heavy (non-hydrogen) atoms. The Bertz CT molecular complexity index is 714. The second-order valence-electron chi connectivity index (χ2n) is 9.67. The molecule has 1 aliphatic rings. The minimum Gasteiger partial charge on any atom is -0.460 e. The summed E-state index contributed by atoms with van der Waals surface area (Å²) in [6.07, 6.45) is 4.29. The van der Waals surface area contributed by atoms with Gasteiger partial charge in [0.2, 0.25) is 0 Å². The Hall–Kier alpha value is -2.47. The van der Waals surface area contributed by atoms with Gasteiger partial charge in [-0.05, 0) is 30.1 Å². The number of carbonyl (C=O) groups excluding carboxylic acids is 3. The summed E-state index contributed by atoms with van der Waals surface area (Å²) >= 11 is 0. The maximum Gasteiger partial charge on any atom is 0.407 e. The highest BCUT2D eigenvalue weighted by Gasteiger charge is 2.41. The average Bonchev–Trinajstić information content (AvgIpc) is 2.80. The van der Waals surface area contributed by atoms with Gasteiger partial charge in [-0.3, -0.25) is 4.84 Å². The van der Waals surface area contributed by atoms with Gasteiger partial charge >= 0.3 is 18.0 Å². The third-order valence-electron chi connectivity index (χ3n) is 5.43. The van der Waals surface area contributed by atoms with Crippen LogP contribution in [0.25, 0.3) is 0 Å². The van der Waals surface area contributed by atoms with Gasteiger partial charge in [0.25, 0.3) is 0 Å². The van der Waals surface area contributed by atoms with Crippen molar-refractivity contribution in [2.75, 3.05) is 59.4 Å². The number of ether oxygens (including phenoxy) is 5. The van der Waals surface area contributed by atoms with E-state index in [0.717, 1.165) is 31.4 Å². The molecule has 2 N–H and O–H groups in total. The van der Waals surface area contributed by atoms with Crippen LogP contribution < -0.4 is 10.8 Å². The average molecular weight is 515 g/mol. The van der Waals surface area contributed by atoms with Crippen LogP contribution in [0.2, 0.25) is 0 Å². The fraction of sp³-hybridized carbons (Fsp3) is 0.720. The van der Waals surface area contributed by atoms with Crippen LogP contribution >= 0.6 is 0 Å². The summed E-state index contributed by atoms with van der Waals surface area (Å²) in [5.74, 6) is -0.982. The summed E-state index contributed by atoms with van der Waals surface area (Å²) in [6.45, 7) is 15.6. The summed E-state index contributed by atoms with van der Waals surface area (Å²) in [6, 6.07) is -0.0334. The van der Waals surface area contributed by atoms with Crippen molar-refractivity contribution in [1.29, 1.82) is 0 Å². The Morgan fingerprint density at radius 1 is 0.806 bits per heavy atom. The van der Waals surface area contributed by atoms with Gasteiger partial charge in [-0.15, -0.1) is 0 Å². The van der Waals surface area contributed by atoms with Crippen LogP contribution in [0.5, 0.6) is 0 Å². The zero-order chi connectivity index (χ0) is 26.9. The first kappa shape index (κ1) is 31.6. The number of carbonyl (C=O) groups is 3. The molecular formula is C25H42N2O9. The normalized spacial score (nSPS) is 20.7. The Kier molecular flexibility index (Phi) is 15.0. The highest BCUT2D eigenvalue weighted by Crippen LogP contribution is 2.45. The molecule has 11 nitrogen and oxygen atoms in total. The molecule has 1 amide bonds.